The second-order valence-corrected chi connectivity index (χ2v) is 12.5. The lowest BCUT2D eigenvalue weighted by molar-refractivity contribution is -0.139. The standard InChI is InChI=1S/C37H37BrN4O5/c1-25(7-5-12-34(44)41(19-20-43)23-26-8-3-2-4-9-26)37(47)32-22-29(38)15-18-33(32)42(36(37)46)24-27-10-6-11-31(21-27)40-35(45)28-13-16-30(39)17-14-28/h2-11,13-18,21-22,25,43,47H,12,19-20,23-24,39H2,1H3,(H,40,45)/b7-5+/t25-,37+/m0/s1. The lowest BCUT2D eigenvalue weighted by Gasteiger charge is -2.28. The maximum atomic E-state index is 14.1. The normalized spacial score (nSPS) is 16.3. The van der Waals surface area contributed by atoms with Gasteiger partial charge in [-0.3, -0.25) is 14.4 Å². The molecule has 0 spiro atoms. The molecule has 47 heavy (non-hydrogen) atoms. The van der Waals surface area contributed by atoms with Crippen LogP contribution >= 0.6 is 15.9 Å². The Balaban J connectivity index is 1.31. The second kappa shape index (κ2) is 14.8. The molecule has 0 bridgehead atoms. The number of amides is 3. The first-order valence-corrected chi connectivity index (χ1v) is 16.1. The summed E-state index contributed by atoms with van der Waals surface area (Å²) in [5.41, 5.74) is 8.18. The number of aliphatic hydroxyl groups is 2. The third-order valence-electron chi connectivity index (χ3n) is 8.24. The van der Waals surface area contributed by atoms with E-state index in [0.717, 1.165) is 11.1 Å². The minimum Gasteiger partial charge on any atom is -0.399 e. The number of halogens is 1. The van der Waals surface area contributed by atoms with Crippen molar-refractivity contribution in [2.24, 2.45) is 5.92 Å². The lowest BCUT2D eigenvalue weighted by Crippen LogP contribution is -2.44. The third-order valence-corrected chi connectivity index (χ3v) is 8.74. The second-order valence-electron chi connectivity index (χ2n) is 11.5. The Bertz CT molecular complexity index is 1780. The van der Waals surface area contributed by atoms with E-state index in [0.29, 0.717) is 39.2 Å². The van der Waals surface area contributed by atoms with Crippen LogP contribution < -0.4 is 16.0 Å². The number of nitrogens with one attached hydrogen (secondary N) is 1. The molecule has 4 aromatic carbocycles. The number of anilines is 3. The Morgan fingerprint density at radius 2 is 1.72 bits per heavy atom. The van der Waals surface area contributed by atoms with E-state index in [1.54, 1.807) is 83.5 Å². The summed E-state index contributed by atoms with van der Waals surface area (Å²) in [5, 5.41) is 24.5. The zero-order valence-electron chi connectivity index (χ0n) is 26.0. The van der Waals surface area contributed by atoms with E-state index in [9.17, 15) is 24.6 Å². The van der Waals surface area contributed by atoms with Crippen molar-refractivity contribution in [3.05, 3.63) is 136 Å². The fraction of sp³-hybridized carbons (Fsp3) is 0.216. The first kappa shape index (κ1) is 33.6. The van der Waals surface area contributed by atoms with Gasteiger partial charge in [0.1, 0.15) is 0 Å². The van der Waals surface area contributed by atoms with E-state index in [2.05, 4.69) is 21.2 Å². The van der Waals surface area contributed by atoms with Gasteiger partial charge in [0.2, 0.25) is 5.91 Å². The van der Waals surface area contributed by atoms with Crippen LogP contribution in [0.3, 0.4) is 0 Å². The number of hydrogen-bond donors (Lipinski definition) is 4. The monoisotopic (exact) mass is 696 g/mol. The number of rotatable bonds is 12. The fourth-order valence-corrected chi connectivity index (χ4v) is 6.06. The predicted octanol–water partition coefficient (Wildman–Crippen LogP) is 5.62. The molecule has 2 atom stereocenters. The average molecular weight is 698 g/mol. The molecule has 0 aliphatic carbocycles. The minimum absolute atomic E-state index is 0.0470. The molecule has 242 valence electrons. The van der Waals surface area contributed by atoms with Crippen molar-refractivity contribution in [3.8, 4) is 0 Å². The molecule has 0 saturated carbocycles. The summed E-state index contributed by atoms with van der Waals surface area (Å²) < 4.78 is 0.712. The van der Waals surface area contributed by atoms with Gasteiger partial charge in [-0.15, -0.1) is 0 Å². The number of aliphatic hydroxyl groups excluding tert-OH is 1. The van der Waals surface area contributed by atoms with E-state index >= 15 is 0 Å². The van der Waals surface area contributed by atoms with Crippen LogP contribution in [0.5, 0.6) is 0 Å². The molecule has 1 heterocycles. The average Bonchev–Trinajstić information content (AvgIpc) is 3.27. The maximum absolute atomic E-state index is 14.1. The first-order valence-electron chi connectivity index (χ1n) is 15.3. The molecule has 5 rings (SSSR count). The van der Waals surface area contributed by atoms with Gasteiger partial charge in [0.25, 0.3) is 11.8 Å². The summed E-state index contributed by atoms with van der Waals surface area (Å²) in [6, 6.07) is 28.7. The highest BCUT2D eigenvalue weighted by molar-refractivity contribution is 9.10. The van der Waals surface area contributed by atoms with Crippen LogP contribution in [0, 0.1) is 5.92 Å². The Morgan fingerprint density at radius 1 is 1.00 bits per heavy atom. The van der Waals surface area contributed by atoms with Crippen LogP contribution in [0.1, 0.15) is 40.4 Å². The summed E-state index contributed by atoms with van der Waals surface area (Å²) in [5.74, 6) is -1.63. The van der Waals surface area contributed by atoms with Gasteiger partial charge in [-0.2, -0.15) is 0 Å². The number of fused-ring (bicyclic) bond motifs is 1. The molecule has 10 heteroatoms. The van der Waals surface area contributed by atoms with Gasteiger partial charge in [-0.1, -0.05) is 77.5 Å². The van der Waals surface area contributed by atoms with E-state index in [-0.39, 0.29) is 37.9 Å². The zero-order chi connectivity index (χ0) is 33.6. The number of hydrogen-bond acceptors (Lipinski definition) is 6. The first-order chi connectivity index (χ1) is 22.6. The highest BCUT2D eigenvalue weighted by Gasteiger charge is 2.52. The summed E-state index contributed by atoms with van der Waals surface area (Å²) in [7, 11) is 0. The number of nitrogen functional groups attached to an aromatic ring is 1. The molecule has 0 unspecified atom stereocenters. The minimum atomic E-state index is -1.88. The van der Waals surface area contributed by atoms with Crippen LogP contribution in [0.2, 0.25) is 0 Å². The number of nitrogens with zero attached hydrogens (tertiary/aromatic N) is 2. The van der Waals surface area contributed by atoms with Gasteiger partial charge in [-0.05, 0) is 65.7 Å². The quantitative estimate of drug-likeness (QED) is 0.112. The van der Waals surface area contributed by atoms with Gasteiger partial charge in [0, 0.05) is 52.4 Å². The van der Waals surface area contributed by atoms with Gasteiger partial charge in [-0.25, -0.2) is 0 Å². The summed E-state index contributed by atoms with van der Waals surface area (Å²) in [6.07, 6.45) is 3.41. The Kier molecular flexibility index (Phi) is 10.6. The van der Waals surface area contributed by atoms with Gasteiger partial charge < -0.3 is 31.1 Å². The Labute approximate surface area is 282 Å². The largest absolute Gasteiger partial charge is 0.399 e. The van der Waals surface area contributed by atoms with E-state index in [1.807, 2.05) is 42.5 Å². The highest BCUT2D eigenvalue weighted by atomic mass is 79.9. The summed E-state index contributed by atoms with van der Waals surface area (Å²) >= 11 is 3.48. The molecule has 1 aliphatic heterocycles. The van der Waals surface area contributed by atoms with Crippen LogP contribution in [0.25, 0.3) is 0 Å². The number of carbonyl (C=O) groups excluding carboxylic acids is 3. The topological polar surface area (TPSA) is 136 Å². The third kappa shape index (κ3) is 7.62. The van der Waals surface area contributed by atoms with Crippen molar-refractivity contribution in [2.45, 2.75) is 32.0 Å². The van der Waals surface area contributed by atoms with Crippen molar-refractivity contribution in [3.63, 3.8) is 0 Å². The Hall–Kier alpha value is -4.77. The smallest absolute Gasteiger partial charge is 0.264 e. The Morgan fingerprint density at radius 3 is 2.45 bits per heavy atom. The van der Waals surface area contributed by atoms with Crippen molar-refractivity contribution < 1.29 is 24.6 Å². The molecule has 1 aliphatic rings. The van der Waals surface area contributed by atoms with Crippen LogP contribution in [-0.4, -0.2) is 46.0 Å². The van der Waals surface area contributed by atoms with Crippen LogP contribution in [0.15, 0.2) is 114 Å². The maximum Gasteiger partial charge on any atom is 0.264 e. The highest BCUT2D eigenvalue weighted by Crippen LogP contribution is 2.46. The molecule has 9 nitrogen and oxygen atoms in total. The predicted molar refractivity (Wildman–Crippen MR) is 186 cm³/mol. The van der Waals surface area contributed by atoms with E-state index < -0.39 is 17.4 Å². The molecule has 3 amide bonds. The molecule has 0 saturated heterocycles. The molecular formula is C37H37BrN4O5. The molecular weight excluding hydrogens is 660 g/mol. The molecule has 0 aromatic heterocycles. The van der Waals surface area contributed by atoms with Gasteiger partial charge >= 0.3 is 0 Å². The van der Waals surface area contributed by atoms with Crippen molar-refractivity contribution in [1.29, 1.82) is 0 Å². The molecule has 4 aromatic rings. The van der Waals surface area contributed by atoms with Crippen LogP contribution in [-0.2, 0) is 28.3 Å². The number of carbonyl (C=O) groups is 3. The van der Waals surface area contributed by atoms with Crippen molar-refractivity contribution >= 4 is 50.7 Å². The van der Waals surface area contributed by atoms with E-state index in [4.69, 9.17) is 5.73 Å². The van der Waals surface area contributed by atoms with E-state index in [1.165, 1.54) is 0 Å². The van der Waals surface area contributed by atoms with Gasteiger partial charge in [0.05, 0.1) is 18.8 Å². The summed E-state index contributed by atoms with van der Waals surface area (Å²) in [6.45, 7) is 2.31. The molecule has 0 fully saturated rings. The molecule has 5 N–H and O–H groups in total. The SMILES string of the molecule is C[C@@H](/C=C/CC(=O)N(CCO)Cc1ccccc1)[C@]1(O)C(=O)N(Cc2cccc(NC(=O)c3ccc(N)cc3)c2)c2ccc(Br)cc21. The zero-order valence-corrected chi connectivity index (χ0v) is 27.6. The molecule has 0 radical (unpaired) electrons. The number of benzene rings is 4. The van der Waals surface area contributed by atoms with Gasteiger partial charge in [0.15, 0.2) is 5.60 Å². The lowest BCUT2D eigenvalue weighted by atomic mass is 9.83. The fourth-order valence-electron chi connectivity index (χ4n) is 5.70. The van der Waals surface area contributed by atoms with Crippen LogP contribution in [0.4, 0.5) is 17.1 Å². The van der Waals surface area contributed by atoms with Crippen molar-refractivity contribution in [1.82, 2.24) is 4.90 Å². The summed E-state index contributed by atoms with van der Waals surface area (Å²) in [4.78, 5) is 43.0. The van der Waals surface area contributed by atoms with Crippen molar-refractivity contribution in [2.75, 3.05) is 29.1 Å². The number of nitrogens with two attached hydrogens (primary N) is 1.